The third-order valence-electron chi connectivity index (χ3n) is 1.10. The zero-order valence-electron chi connectivity index (χ0n) is 6.07. The van der Waals surface area contributed by atoms with Crippen molar-refractivity contribution in [2.45, 2.75) is 0 Å². The van der Waals surface area contributed by atoms with Gasteiger partial charge < -0.3 is 5.32 Å². The number of nitrogens with zero attached hydrogens (tertiary/aromatic N) is 1. The highest BCUT2D eigenvalue weighted by atomic mass is 32.1. The summed E-state index contributed by atoms with van der Waals surface area (Å²) in [5.41, 5.74) is 2.54. The summed E-state index contributed by atoms with van der Waals surface area (Å²) in [6.07, 6.45) is 3.13. The number of thiazole rings is 1. The molecule has 0 aromatic carbocycles. The number of likely N-dealkylation sites (N-methyl/N-ethyl adjacent to an activating group) is 1. The highest BCUT2D eigenvalue weighted by molar-refractivity contribution is 7.07. The number of nitrogens with one attached hydrogen (secondary N) is 1. The molecule has 1 aromatic heterocycles. The van der Waals surface area contributed by atoms with E-state index in [1.54, 1.807) is 18.6 Å². The van der Waals surface area contributed by atoms with Crippen LogP contribution in [0.15, 0.2) is 17.0 Å². The molecule has 4 heteroatoms. The molecule has 0 aliphatic rings. The van der Waals surface area contributed by atoms with Gasteiger partial charge in [0.25, 0.3) is 0 Å². The summed E-state index contributed by atoms with van der Waals surface area (Å²) in [7, 11) is 1.59. The van der Waals surface area contributed by atoms with Crippen molar-refractivity contribution in [2.75, 3.05) is 7.05 Å². The van der Waals surface area contributed by atoms with E-state index < -0.39 is 0 Å². The van der Waals surface area contributed by atoms with Crippen molar-refractivity contribution < 1.29 is 4.79 Å². The summed E-state index contributed by atoms with van der Waals surface area (Å²) in [5, 5.41) is 4.35. The highest BCUT2D eigenvalue weighted by Gasteiger charge is 1.89. The molecular formula is C7H8N2OS. The fraction of sp³-hybridized carbons (Fsp3) is 0.143. The predicted octanol–water partition coefficient (Wildman–Crippen LogP) is 0.902. The van der Waals surface area contributed by atoms with Crippen molar-refractivity contribution in [3.63, 3.8) is 0 Å². The maximum atomic E-state index is 10.7. The maximum absolute atomic E-state index is 10.7. The third kappa shape index (κ3) is 2.51. The number of hydrogen-bond acceptors (Lipinski definition) is 3. The zero-order chi connectivity index (χ0) is 8.10. The lowest BCUT2D eigenvalue weighted by Gasteiger charge is -1.86. The summed E-state index contributed by atoms with van der Waals surface area (Å²) in [6, 6.07) is 0. The van der Waals surface area contributed by atoms with Crippen LogP contribution >= 0.6 is 11.3 Å². The van der Waals surface area contributed by atoms with E-state index in [2.05, 4.69) is 10.3 Å². The van der Waals surface area contributed by atoms with Gasteiger partial charge in [-0.1, -0.05) is 0 Å². The molecular weight excluding hydrogens is 160 g/mol. The van der Waals surface area contributed by atoms with E-state index in [0.29, 0.717) is 0 Å². The fourth-order valence-corrected chi connectivity index (χ4v) is 1.07. The van der Waals surface area contributed by atoms with Gasteiger partial charge in [0, 0.05) is 18.5 Å². The van der Waals surface area contributed by atoms with E-state index in [1.165, 1.54) is 17.4 Å². The Morgan fingerprint density at radius 2 is 2.64 bits per heavy atom. The number of rotatable bonds is 2. The molecule has 0 spiro atoms. The Hall–Kier alpha value is -1.16. The van der Waals surface area contributed by atoms with Gasteiger partial charge in [0.1, 0.15) is 0 Å². The number of hydrogen-bond donors (Lipinski definition) is 1. The minimum absolute atomic E-state index is 0.113. The molecule has 11 heavy (non-hydrogen) atoms. The first-order chi connectivity index (χ1) is 5.33. The van der Waals surface area contributed by atoms with Crippen LogP contribution in [0.4, 0.5) is 0 Å². The van der Waals surface area contributed by atoms with Crippen LogP contribution in [0.2, 0.25) is 0 Å². The first-order valence-electron chi connectivity index (χ1n) is 3.11. The monoisotopic (exact) mass is 168 g/mol. The Labute approximate surface area is 68.8 Å². The number of carbonyl (C=O) groups excluding carboxylic acids is 1. The minimum Gasteiger partial charge on any atom is -0.356 e. The number of amides is 1. The van der Waals surface area contributed by atoms with E-state index in [9.17, 15) is 4.79 Å². The second-order valence-electron chi connectivity index (χ2n) is 1.86. The summed E-state index contributed by atoms with van der Waals surface area (Å²) in [6.45, 7) is 0. The van der Waals surface area contributed by atoms with Crippen molar-refractivity contribution >= 4 is 23.3 Å². The van der Waals surface area contributed by atoms with Crippen LogP contribution < -0.4 is 5.32 Å². The summed E-state index contributed by atoms with van der Waals surface area (Å²) >= 11 is 1.50. The van der Waals surface area contributed by atoms with E-state index in [4.69, 9.17) is 0 Å². The lowest BCUT2D eigenvalue weighted by Crippen LogP contribution is -2.13. The normalized spacial score (nSPS) is 10.3. The van der Waals surface area contributed by atoms with Crippen LogP contribution in [0.3, 0.4) is 0 Å². The molecule has 3 nitrogen and oxygen atoms in total. The number of carbonyl (C=O) groups is 1. The van der Waals surface area contributed by atoms with Gasteiger partial charge >= 0.3 is 0 Å². The average molecular weight is 168 g/mol. The molecule has 0 aliphatic carbocycles. The van der Waals surface area contributed by atoms with Crippen LogP contribution in [0.5, 0.6) is 0 Å². The summed E-state index contributed by atoms with van der Waals surface area (Å²) in [4.78, 5) is 14.7. The van der Waals surface area contributed by atoms with Gasteiger partial charge in [-0.15, -0.1) is 11.3 Å². The molecule has 0 bridgehead atoms. The second-order valence-corrected chi connectivity index (χ2v) is 2.58. The van der Waals surface area contributed by atoms with Gasteiger partial charge in [-0.05, 0) is 6.08 Å². The van der Waals surface area contributed by atoms with Crippen molar-refractivity contribution in [2.24, 2.45) is 0 Å². The molecule has 1 heterocycles. The Kier molecular flexibility index (Phi) is 2.80. The summed E-state index contributed by atoms with van der Waals surface area (Å²) < 4.78 is 0. The third-order valence-corrected chi connectivity index (χ3v) is 1.71. The van der Waals surface area contributed by atoms with Crippen molar-refractivity contribution in [1.29, 1.82) is 0 Å². The minimum atomic E-state index is -0.113. The topological polar surface area (TPSA) is 42.0 Å². The van der Waals surface area contributed by atoms with Gasteiger partial charge in [0.15, 0.2) is 0 Å². The number of aromatic nitrogens is 1. The first kappa shape index (κ1) is 7.94. The maximum Gasteiger partial charge on any atom is 0.243 e. The van der Waals surface area contributed by atoms with Gasteiger partial charge in [-0.2, -0.15) is 0 Å². The molecule has 0 aliphatic heterocycles. The molecule has 1 rings (SSSR count). The van der Waals surface area contributed by atoms with Crippen LogP contribution in [-0.2, 0) is 4.79 Å². The van der Waals surface area contributed by atoms with Crippen LogP contribution in [0, 0.1) is 0 Å². The Morgan fingerprint density at radius 3 is 3.18 bits per heavy atom. The molecule has 58 valence electrons. The average Bonchev–Trinajstić information content (AvgIpc) is 2.52. The largest absolute Gasteiger partial charge is 0.356 e. The molecule has 0 radical (unpaired) electrons. The molecule has 0 fully saturated rings. The fourth-order valence-electron chi connectivity index (χ4n) is 0.549. The van der Waals surface area contributed by atoms with Crippen molar-refractivity contribution in [3.05, 3.63) is 22.7 Å². The van der Waals surface area contributed by atoms with Crippen LogP contribution in [0.25, 0.3) is 6.08 Å². The van der Waals surface area contributed by atoms with Gasteiger partial charge in [-0.25, -0.2) is 4.98 Å². The van der Waals surface area contributed by atoms with Crippen molar-refractivity contribution in [3.8, 4) is 0 Å². The van der Waals surface area contributed by atoms with Crippen LogP contribution in [0.1, 0.15) is 5.69 Å². The van der Waals surface area contributed by atoms with Crippen molar-refractivity contribution in [1.82, 2.24) is 10.3 Å². The molecule has 1 amide bonds. The van der Waals surface area contributed by atoms with E-state index in [-0.39, 0.29) is 5.91 Å². The van der Waals surface area contributed by atoms with E-state index in [0.717, 1.165) is 5.69 Å². The van der Waals surface area contributed by atoms with Crippen LogP contribution in [-0.4, -0.2) is 17.9 Å². The second kappa shape index (κ2) is 3.88. The summed E-state index contributed by atoms with van der Waals surface area (Å²) in [5.74, 6) is -0.113. The molecule has 0 saturated carbocycles. The highest BCUT2D eigenvalue weighted by Crippen LogP contribution is 2.01. The van der Waals surface area contributed by atoms with Gasteiger partial charge in [0.05, 0.1) is 11.2 Å². The van der Waals surface area contributed by atoms with E-state index in [1.807, 2.05) is 5.38 Å². The quantitative estimate of drug-likeness (QED) is 0.667. The lowest BCUT2D eigenvalue weighted by molar-refractivity contribution is -0.115. The Balaban J connectivity index is 2.55. The first-order valence-corrected chi connectivity index (χ1v) is 4.05. The lowest BCUT2D eigenvalue weighted by atomic mass is 10.4. The predicted molar refractivity (Wildman–Crippen MR) is 45.2 cm³/mol. The van der Waals surface area contributed by atoms with Gasteiger partial charge in [0.2, 0.25) is 5.91 Å². The SMILES string of the molecule is CNC(=O)/C=C/c1cscn1. The molecule has 0 unspecified atom stereocenters. The smallest absolute Gasteiger partial charge is 0.243 e. The zero-order valence-corrected chi connectivity index (χ0v) is 6.89. The Morgan fingerprint density at radius 1 is 1.82 bits per heavy atom. The molecule has 0 saturated heterocycles. The molecule has 0 atom stereocenters. The van der Waals surface area contributed by atoms with E-state index >= 15 is 0 Å². The Bertz CT molecular complexity index is 253. The van der Waals surface area contributed by atoms with Gasteiger partial charge in [-0.3, -0.25) is 4.79 Å². The standard InChI is InChI=1S/C7H8N2OS/c1-8-7(10)3-2-6-4-11-5-9-6/h2-5H,1H3,(H,8,10)/b3-2+. The molecule has 1 aromatic rings. The molecule has 1 N–H and O–H groups in total.